The van der Waals surface area contributed by atoms with Gasteiger partial charge < -0.3 is 9.84 Å². The third kappa shape index (κ3) is 5.94. The van der Waals surface area contributed by atoms with Crippen LogP contribution in [0, 0.1) is 5.82 Å². The zero-order valence-electron chi connectivity index (χ0n) is 16.1. The van der Waals surface area contributed by atoms with Crippen LogP contribution in [0.5, 0.6) is 5.75 Å². The van der Waals surface area contributed by atoms with E-state index in [0.717, 1.165) is 36.4 Å². The lowest BCUT2D eigenvalue weighted by atomic mass is 9.93. The molecular formula is C19H17F4NO6S. The molecule has 168 valence electrons. The zero-order valence-corrected chi connectivity index (χ0v) is 16.9. The van der Waals surface area contributed by atoms with Gasteiger partial charge in [0, 0.05) is 11.3 Å². The minimum Gasteiger partial charge on any atom is -0.508 e. The molecule has 0 amide bonds. The average Bonchev–Trinajstić information content (AvgIpc) is 2.63. The van der Waals surface area contributed by atoms with E-state index in [1.165, 1.54) is 13.8 Å². The van der Waals surface area contributed by atoms with Crippen molar-refractivity contribution in [3.63, 3.8) is 0 Å². The quantitative estimate of drug-likeness (QED) is 0.282. The van der Waals surface area contributed by atoms with Crippen molar-refractivity contribution >= 4 is 27.5 Å². The highest BCUT2D eigenvalue weighted by molar-refractivity contribution is 7.92. The van der Waals surface area contributed by atoms with Crippen LogP contribution in [-0.4, -0.2) is 37.6 Å². The van der Waals surface area contributed by atoms with Crippen LogP contribution in [-0.2, 0) is 24.3 Å². The highest BCUT2D eigenvalue weighted by Gasteiger charge is 2.48. The molecule has 0 saturated heterocycles. The number of phenols is 1. The Labute approximate surface area is 174 Å². The SMILES string of the molecule is CC(C)OC(=O)C(C(=O)C(F)(F)F)c1cc(NS(=O)(=O)c2ccc(F)cc2)ccc1O. The fraction of sp³-hybridized carbons (Fsp3) is 0.263. The number of halogens is 4. The van der Waals surface area contributed by atoms with Crippen LogP contribution >= 0.6 is 0 Å². The van der Waals surface area contributed by atoms with Gasteiger partial charge in [-0.05, 0) is 56.3 Å². The summed E-state index contributed by atoms with van der Waals surface area (Å²) in [6.45, 7) is 2.69. The molecule has 0 heterocycles. The number of sulfonamides is 1. The number of aromatic hydroxyl groups is 1. The Morgan fingerprint density at radius 3 is 2.16 bits per heavy atom. The highest BCUT2D eigenvalue weighted by Crippen LogP contribution is 2.35. The predicted octanol–water partition coefficient (Wildman–Crippen LogP) is 3.50. The summed E-state index contributed by atoms with van der Waals surface area (Å²) < 4.78 is 83.8. The van der Waals surface area contributed by atoms with E-state index in [4.69, 9.17) is 4.74 Å². The maximum atomic E-state index is 13.1. The number of carbonyl (C=O) groups is 2. The first kappa shape index (κ1) is 24.1. The standard InChI is InChI=1S/C19H17F4NO6S/c1-10(2)30-18(27)16(17(26)19(21,22)23)14-9-12(5-8-15(14)25)24-31(28,29)13-6-3-11(20)4-7-13/h3-10,16,24-25H,1-2H3. The second kappa shape index (κ2) is 8.92. The van der Waals surface area contributed by atoms with Crippen LogP contribution < -0.4 is 4.72 Å². The number of benzene rings is 2. The van der Waals surface area contributed by atoms with Crippen molar-refractivity contribution in [2.75, 3.05) is 4.72 Å². The Morgan fingerprint density at radius 1 is 1.06 bits per heavy atom. The minimum absolute atomic E-state index is 0.352. The summed E-state index contributed by atoms with van der Waals surface area (Å²) in [4.78, 5) is 23.7. The Kier molecular flexibility index (Phi) is 6.94. The van der Waals surface area contributed by atoms with E-state index < -0.39 is 57.1 Å². The summed E-state index contributed by atoms with van der Waals surface area (Å²) >= 11 is 0. The number of nitrogens with one attached hydrogen (secondary N) is 1. The number of esters is 1. The summed E-state index contributed by atoms with van der Waals surface area (Å²) in [7, 11) is -4.29. The number of anilines is 1. The first-order chi connectivity index (χ1) is 14.2. The molecule has 7 nitrogen and oxygen atoms in total. The maximum Gasteiger partial charge on any atom is 0.451 e. The second-order valence-corrected chi connectivity index (χ2v) is 8.30. The smallest absolute Gasteiger partial charge is 0.451 e. The van der Waals surface area contributed by atoms with Crippen molar-refractivity contribution in [2.24, 2.45) is 0 Å². The number of hydrogen-bond acceptors (Lipinski definition) is 6. The second-order valence-electron chi connectivity index (χ2n) is 6.61. The van der Waals surface area contributed by atoms with E-state index in [9.17, 15) is 40.7 Å². The van der Waals surface area contributed by atoms with E-state index in [-0.39, 0.29) is 10.6 Å². The van der Waals surface area contributed by atoms with Gasteiger partial charge in [-0.2, -0.15) is 13.2 Å². The van der Waals surface area contributed by atoms with E-state index in [2.05, 4.69) is 0 Å². The van der Waals surface area contributed by atoms with Gasteiger partial charge in [0.15, 0.2) is 5.92 Å². The van der Waals surface area contributed by atoms with Gasteiger partial charge in [-0.3, -0.25) is 14.3 Å². The van der Waals surface area contributed by atoms with Gasteiger partial charge in [0.1, 0.15) is 11.6 Å². The molecule has 2 aromatic rings. The van der Waals surface area contributed by atoms with Crippen molar-refractivity contribution in [3.8, 4) is 5.75 Å². The fourth-order valence-electron chi connectivity index (χ4n) is 2.52. The Balaban J connectivity index is 2.49. The predicted molar refractivity (Wildman–Crippen MR) is 100 cm³/mol. The molecule has 0 fully saturated rings. The third-order valence-corrected chi connectivity index (χ3v) is 5.24. The zero-order chi connectivity index (χ0) is 23.6. The number of alkyl halides is 3. The van der Waals surface area contributed by atoms with E-state index in [1.807, 2.05) is 4.72 Å². The summed E-state index contributed by atoms with van der Waals surface area (Å²) in [5, 5.41) is 10.0. The molecule has 2 N–H and O–H groups in total. The normalized spacial score (nSPS) is 13.0. The van der Waals surface area contributed by atoms with Gasteiger partial charge in [0.05, 0.1) is 11.0 Å². The lowest BCUT2D eigenvalue weighted by Crippen LogP contribution is -2.35. The number of ether oxygens (including phenoxy) is 1. The number of phenolic OH excluding ortho intramolecular Hbond substituents is 1. The van der Waals surface area contributed by atoms with Crippen LogP contribution in [0.3, 0.4) is 0 Å². The van der Waals surface area contributed by atoms with Crippen LogP contribution in [0.15, 0.2) is 47.4 Å². The van der Waals surface area contributed by atoms with Crippen LogP contribution in [0.25, 0.3) is 0 Å². The Bertz CT molecular complexity index is 1080. The monoisotopic (exact) mass is 463 g/mol. The van der Waals surface area contributed by atoms with E-state index in [0.29, 0.717) is 6.07 Å². The molecule has 0 saturated carbocycles. The Morgan fingerprint density at radius 2 is 1.65 bits per heavy atom. The molecule has 2 aromatic carbocycles. The van der Waals surface area contributed by atoms with Gasteiger partial charge >= 0.3 is 12.1 Å². The molecular weight excluding hydrogens is 446 g/mol. The minimum atomic E-state index is -5.43. The van der Waals surface area contributed by atoms with E-state index >= 15 is 0 Å². The fourth-order valence-corrected chi connectivity index (χ4v) is 3.57. The van der Waals surface area contributed by atoms with E-state index in [1.54, 1.807) is 0 Å². The summed E-state index contributed by atoms with van der Waals surface area (Å²) in [5.41, 5.74) is -1.15. The molecule has 0 aliphatic carbocycles. The number of Topliss-reactive ketones (excluding diaryl/α,β-unsaturated/α-hetero) is 1. The molecule has 1 unspecified atom stereocenters. The molecule has 0 aliphatic heterocycles. The summed E-state index contributed by atoms with van der Waals surface area (Å²) in [5.74, 6) is -8.17. The number of ketones is 1. The molecule has 0 spiro atoms. The molecule has 1 atom stereocenters. The topological polar surface area (TPSA) is 110 Å². The maximum absolute atomic E-state index is 13.1. The molecule has 0 radical (unpaired) electrons. The van der Waals surface area contributed by atoms with Crippen LogP contribution in [0.2, 0.25) is 0 Å². The van der Waals surface area contributed by atoms with Crippen LogP contribution in [0.1, 0.15) is 25.3 Å². The van der Waals surface area contributed by atoms with Gasteiger partial charge in [-0.25, -0.2) is 12.8 Å². The van der Waals surface area contributed by atoms with Gasteiger partial charge in [-0.15, -0.1) is 0 Å². The Hall–Kier alpha value is -3.15. The molecule has 0 aromatic heterocycles. The first-order valence-corrected chi connectivity index (χ1v) is 10.1. The molecule has 0 aliphatic rings. The summed E-state index contributed by atoms with van der Waals surface area (Å²) in [6, 6.07) is 6.21. The lowest BCUT2D eigenvalue weighted by molar-refractivity contribution is -0.178. The van der Waals surface area contributed by atoms with Gasteiger partial charge in [0.2, 0.25) is 0 Å². The average molecular weight is 463 g/mol. The van der Waals surface area contributed by atoms with Gasteiger partial charge in [-0.1, -0.05) is 0 Å². The highest BCUT2D eigenvalue weighted by atomic mass is 32.2. The van der Waals surface area contributed by atoms with Crippen molar-refractivity contribution < 1.29 is 45.4 Å². The molecule has 12 heteroatoms. The van der Waals surface area contributed by atoms with Crippen molar-refractivity contribution in [2.45, 2.75) is 36.9 Å². The molecule has 31 heavy (non-hydrogen) atoms. The van der Waals surface area contributed by atoms with Crippen molar-refractivity contribution in [1.82, 2.24) is 0 Å². The van der Waals surface area contributed by atoms with Crippen molar-refractivity contribution in [3.05, 3.63) is 53.8 Å². The molecule has 0 bridgehead atoms. The summed E-state index contributed by atoms with van der Waals surface area (Å²) in [6.07, 6.45) is -6.30. The largest absolute Gasteiger partial charge is 0.508 e. The number of carbonyl (C=O) groups excluding carboxylic acids is 2. The number of rotatable bonds is 7. The number of hydrogen-bond donors (Lipinski definition) is 2. The first-order valence-electron chi connectivity index (χ1n) is 8.65. The van der Waals surface area contributed by atoms with Crippen LogP contribution in [0.4, 0.5) is 23.2 Å². The lowest BCUT2D eigenvalue weighted by Gasteiger charge is -2.20. The van der Waals surface area contributed by atoms with Crippen molar-refractivity contribution in [1.29, 1.82) is 0 Å². The third-order valence-electron chi connectivity index (χ3n) is 3.84. The molecule has 2 rings (SSSR count). The van der Waals surface area contributed by atoms with Gasteiger partial charge in [0.25, 0.3) is 15.8 Å².